The Bertz CT molecular complexity index is 1010. The molecule has 0 aliphatic rings. The molecule has 0 radical (unpaired) electrons. The first kappa shape index (κ1) is 21.2. The van der Waals surface area contributed by atoms with E-state index in [2.05, 4.69) is 9.97 Å². The number of thiazole rings is 1. The molecule has 0 amide bonds. The summed E-state index contributed by atoms with van der Waals surface area (Å²) in [7, 11) is -4.55. The number of rotatable bonds is 7. The number of pyridine rings is 1. The summed E-state index contributed by atoms with van der Waals surface area (Å²) in [6, 6.07) is 6.73. The van der Waals surface area contributed by atoms with Crippen LogP contribution in [0.1, 0.15) is 17.5 Å². The van der Waals surface area contributed by atoms with Gasteiger partial charge in [0.2, 0.25) is 5.95 Å². The highest BCUT2D eigenvalue weighted by atomic mass is 35.5. The number of ether oxygens (including phenoxy) is 1. The Morgan fingerprint density at radius 2 is 2.04 bits per heavy atom. The lowest BCUT2D eigenvalue weighted by molar-refractivity contribution is 0.134. The zero-order chi connectivity index (χ0) is 20.4. The van der Waals surface area contributed by atoms with Gasteiger partial charge in [0, 0.05) is 17.1 Å². The maximum atomic E-state index is 13.4. The van der Waals surface area contributed by atoms with Crippen LogP contribution in [0.25, 0.3) is 0 Å². The molecule has 2 aromatic heterocycles. The van der Waals surface area contributed by atoms with E-state index in [0.29, 0.717) is 0 Å². The van der Waals surface area contributed by atoms with Gasteiger partial charge in [-0.15, -0.1) is 11.3 Å². The first-order valence-electron chi connectivity index (χ1n) is 7.93. The van der Waals surface area contributed by atoms with Crippen LogP contribution in [-0.4, -0.2) is 21.5 Å². The molecule has 0 fully saturated rings. The lowest BCUT2D eigenvalue weighted by Gasteiger charge is -2.35. The van der Waals surface area contributed by atoms with Crippen LogP contribution in [0, 0.1) is 5.95 Å². The molecule has 0 spiro atoms. The molecule has 0 bridgehead atoms. The van der Waals surface area contributed by atoms with Crippen LogP contribution < -0.4 is 4.74 Å². The molecule has 3 aromatic rings. The molecule has 11 heteroatoms. The topological polar surface area (TPSA) is 81.5 Å². The molecule has 2 atom stereocenters. The zero-order valence-corrected chi connectivity index (χ0v) is 17.6. The van der Waals surface area contributed by atoms with Crippen molar-refractivity contribution < 1.29 is 23.1 Å². The van der Waals surface area contributed by atoms with Crippen molar-refractivity contribution in [2.24, 2.45) is 0 Å². The Morgan fingerprint density at radius 3 is 2.61 bits per heavy atom. The molecule has 0 saturated heterocycles. The van der Waals surface area contributed by atoms with Gasteiger partial charge in [-0.2, -0.15) is 4.39 Å². The van der Waals surface area contributed by atoms with Crippen molar-refractivity contribution in [3.63, 3.8) is 0 Å². The number of nitrogens with zero attached hydrogens (tertiary/aromatic N) is 2. The van der Waals surface area contributed by atoms with E-state index in [-0.39, 0.29) is 33.0 Å². The summed E-state index contributed by atoms with van der Waals surface area (Å²) in [4.78, 5) is 18.7. The van der Waals surface area contributed by atoms with Crippen LogP contribution in [0.2, 0.25) is 10.0 Å². The van der Waals surface area contributed by atoms with E-state index in [0.717, 1.165) is 23.6 Å². The third-order valence-electron chi connectivity index (χ3n) is 3.70. The fraction of sp³-hybridized carbons (Fsp3) is 0.176. The van der Waals surface area contributed by atoms with E-state index in [4.69, 9.17) is 32.5 Å². The van der Waals surface area contributed by atoms with E-state index >= 15 is 0 Å². The minimum atomic E-state index is -4.55. The fourth-order valence-electron chi connectivity index (χ4n) is 2.52. The largest absolute Gasteiger partial charge is 0.461 e. The molecule has 1 aromatic carbocycles. The molecule has 0 saturated carbocycles. The Balaban J connectivity index is 2.29. The van der Waals surface area contributed by atoms with Gasteiger partial charge in [0.1, 0.15) is 5.75 Å². The van der Waals surface area contributed by atoms with Crippen LogP contribution in [-0.2, 0) is 14.4 Å². The number of aromatic nitrogens is 2. The predicted octanol–water partition coefficient (Wildman–Crippen LogP) is 5.49. The van der Waals surface area contributed by atoms with E-state index < -0.39 is 18.9 Å². The Hall–Kier alpha value is -1.54. The highest BCUT2D eigenvalue weighted by Gasteiger charge is 2.57. The summed E-state index contributed by atoms with van der Waals surface area (Å²) in [5.41, 5.74) is 0.195. The normalized spacial score (nSPS) is 15.6. The van der Waals surface area contributed by atoms with Crippen molar-refractivity contribution in [2.45, 2.75) is 12.3 Å². The second-order valence-electron chi connectivity index (χ2n) is 5.47. The van der Waals surface area contributed by atoms with Crippen LogP contribution in [0.4, 0.5) is 4.39 Å². The highest BCUT2D eigenvalue weighted by Crippen LogP contribution is 2.65. The monoisotopic (exact) mass is 462 g/mol. The second kappa shape index (κ2) is 8.45. The van der Waals surface area contributed by atoms with Crippen molar-refractivity contribution in [1.82, 2.24) is 9.97 Å². The second-order valence-corrected chi connectivity index (χ2v) is 9.10. The molecule has 28 heavy (non-hydrogen) atoms. The van der Waals surface area contributed by atoms with Crippen LogP contribution in [0.3, 0.4) is 0 Å². The molecule has 3 rings (SSSR count). The zero-order valence-electron chi connectivity index (χ0n) is 14.4. The maximum absolute atomic E-state index is 13.4. The summed E-state index contributed by atoms with van der Waals surface area (Å²) in [5, 5.41) is 0.114. The predicted molar refractivity (Wildman–Crippen MR) is 106 cm³/mol. The standard InChI is InChI=1S/C17H14Cl2FN2O4PS/c1-2-25-27(23,24)17(16-21-7-8-28-16,11-3-5-13(18)14(19)9-11)26-12-4-6-15(20)22-10-12/h3-10H,2H2,1H3,(H,23,24). The van der Waals surface area contributed by atoms with Gasteiger partial charge in [-0.1, -0.05) is 29.3 Å². The van der Waals surface area contributed by atoms with Gasteiger partial charge in [0.15, 0.2) is 5.01 Å². The molecular weight excluding hydrogens is 449 g/mol. The summed E-state index contributed by atoms with van der Waals surface area (Å²) in [6.07, 6.45) is 2.56. The summed E-state index contributed by atoms with van der Waals surface area (Å²) in [5.74, 6) is -0.685. The molecule has 1 N–H and O–H groups in total. The van der Waals surface area contributed by atoms with Gasteiger partial charge < -0.3 is 14.2 Å². The maximum Gasteiger partial charge on any atom is 0.383 e. The minimum absolute atomic E-state index is 0.0386. The number of hydrogen-bond donors (Lipinski definition) is 1. The third kappa shape index (κ3) is 3.94. The molecule has 2 unspecified atom stereocenters. The fourth-order valence-corrected chi connectivity index (χ4v) is 5.54. The number of hydrogen-bond acceptors (Lipinski definition) is 6. The van der Waals surface area contributed by atoms with E-state index in [1.807, 2.05) is 0 Å². The molecule has 2 heterocycles. The molecule has 148 valence electrons. The first-order valence-corrected chi connectivity index (χ1v) is 11.1. The minimum Gasteiger partial charge on any atom is -0.461 e. The van der Waals surface area contributed by atoms with E-state index in [1.54, 1.807) is 12.3 Å². The lowest BCUT2D eigenvalue weighted by atomic mass is 10.1. The van der Waals surface area contributed by atoms with Gasteiger partial charge in [-0.05, 0) is 31.2 Å². The third-order valence-corrected chi connectivity index (χ3v) is 7.43. The average molecular weight is 463 g/mol. The van der Waals surface area contributed by atoms with Crippen LogP contribution >= 0.6 is 42.1 Å². The molecule has 0 aliphatic carbocycles. The van der Waals surface area contributed by atoms with Crippen molar-refractivity contribution in [3.05, 3.63) is 74.7 Å². The van der Waals surface area contributed by atoms with Gasteiger partial charge in [-0.3, -0.25) is 4.57 Å². The molecule has 6 nitrogen and oxygen atoms in total. The Labute approximate surface area is 174 Å². The van der Waals surface area contributed by atoms with Gasteiger partial charge >= 0.3 is 7.60 Å². The first-order chi connectivity index (χ1) is 13.3. The lowest BCUT2D eigenvalue weighted by Crippen LogP contribution is -2.35. The number of halogens is 3. The van der Waals surface area contributed by atoms with Crippen molar-refractivity contribution >= 4 is 42.1 Å². The quantitative estimate of drug-likeness (QED) is 0.369. The summed E-state index contributed by atoms with van der Waals surface area (Å²) in [6.45, 7) is 1.51. The van der Waals surface area contributed by atoms with Crippen molar-refractivity contribution in [2.75, 3.05) is 6.61 Å². The van der Waals surface area contributed by atoms with Gasteiger partial charge in [0.25, 0.3) is 5.34 Å². The average Bonchev–Trinajstić information content (AvgIpc) is 3.18. The number of benzene rings is 1. The highest BCUT2D eigenvalue weighted by molar-refractivity contribution is 7.54. The van der Waals surface area contributed by atoms with Crippen molar-refractivity contribution in [1.29, 1.82) is 0 Å². The van der Waals surface area contributed by atoms with Crippen LogP contribution in [0.5, 0.6) is 5.75 Å². The molecular formula is C17H14Cl2FN2O4PS. The van der Waals surface area contributed by atoms with Crippen molar-refractivity contribution in [3.8, 4) is 5.75 Å². The molecule has 0 aliphatic heterocycles. The van der Waals surface area contributed by atoms with Gasteiger partial charge in [0.05, 0.1) is 22.8 Å². The summed E-state index contributed by atoms with van der Waals surface area (Å²) < 4.78 is 37.8. The Morgan fingerprint density at radius 1 is 1.25 bits per heavy atom. The Kier molecular flexibility index (Phi) is 6.39. The smallest absolute Gasteiger partial charge is 0.383 e. The van der Waals surface area contributed by atoms with Gasteiger partial charge in [-0.25, -0.2) is 9.97 Å². The summed E-state index contributed by atoms with van der Waals surface area (Å²) >= 11 is 13.3. The SMILES string of the molecule is CCOP(=O)(O)C(Oc1ccc(F)nc1)(c1ccc(Cl)c(Cl)c1)c1nccs1. The van der Waals surface area contributed by atoms with Crippen LogP contribution in [0.15, 0.2) is 48.1 Å². The van der Waals surface area contributed by atoms with E-state index in [1.165, 1.54) is 30.5 Å². The van der Waals surface area contributed by atoms with E-state index in [9.17, 15) is 13.8 Å².